The predicted octanol–water partition coefficient (Wildman–Crippen LogP) is 5.39. The predicted molar refractivity (Wildman–Crippen MR) is 98.1 cm³/mol. The van der Waals surface area contributed by atoms with Gasteiger partial charge in [0.1, 0.15) is 0 Å². The molecule has 0 bridgehead atoms. The molecular weight excluding hydrogens is 391 g/mol. The van der Waals surface area contributed by atoms with E-state index in [2.05, 4.69) is 63.2 Å². The number of hydrogen-bond donors (Lipinski definition) is 1. The Morgan fingerprint density at radius 1 is 1.29 bits per heavy atom. The SMILES string of the molecule is Ic1cc2c(s1)CCCC2Nc1cccc2ccncc12. The molecule has 21 heavy (non-hydrogen) atoms. The Balaban J connectivity index is 1.73. The van der Waals surface area contributed by atoms with Crippen molar-refractivity contribution >= 4 is 50.4 Å². The van der Waals surface area contributed by atoms with Crippen molar-refractivity contribution in [1.29, 1.82) is 0 Å². The van der Waals surface area contributed by atoms with Crippen LogP contribution in [0.15, 0.2) is 42.7 Å². The number of aryl methyl sites for hydroxylation is 1. The van der Waals surface area contributed by atoms with Crippen LogP contribution in [0.4, 0.5) is 5.69 Å². The van der Waals surface area contributed by atoms with Crippen molar-refractivity contribution in [1.82, 2.24) is 4.98 Å². The summed E-state index contributed by atoms with van der Waals surface area (Å²) < 4.78 is 1.39. The lowest BCUT2D eigenvalue weighted by Crippen LogP contribution is -2.15. The Morgan fingerprint density at radius 3 is 3.19 bits per heavy atom. The van der Waals surface area contributed by atoms with Crippen LogP contribution >= 0.6 is 33.9 Å². The molecule has 2 nitrogen and oxygen atoms in total. The second-order valence-corrected chi connectivity index (χ2v) is 8.45. The molecule has 1 aromatic carbocycles. The molecule has 1 unspecified atom stereocenters. The molecule has 0 saturated heterocycles. The van der Waals surface area contributed by atoms with Crippen molar-refractivity contribution in [2.75, 3.05) is 5.32 Å². The van der Waals surface area contributed by atoms with E-state index in [4.69, 9.17) is 0 Å². The van der Waals surface area contributed by atoms with Crippen molar-refractivity contribution in [3.63, 3.8) is 0 Å². The first-order valence-corrected chi connectivity index (χ1v) is 9.08. The molecule has 106 valence electrons. The van der Waals surface area contributed by atoms with E-state index >= 15 is 0 Å². The molecular formula is C17H15IN2S. The van der Waals surface area contributed by atoms with E-state index in [0.717, 1.165) is 0 Å². The summed E-state index contributed by atoms with van der Waals surface area (Å²) >= 11 is 4.38. The summed E-state index contributed by atoms with van der Waals surface area (Å²) in [5.41, 5.74) is 2.69. The Hall–Kier alpha value is -1.14. The molecule has 1 aliphatic rings. The second kappa shape index (κ2) is 5.57. The molecule has 4 rings (SSSR count). The van der Waals surface area contributed by atoms with Crippen molar-refractivity contribution in [3.8, 4) is 0 Å². The minimum atomic E-state index is 0.430. The zero-order chi connectivity index (χ0) is 14.2. The summed E-state index contributed by atoms with van der Waals surface area (Å²) in [6, 6.07) is 11.3. The Labute approximate surface area is 141 Å². The highest BCUT2D eigenvalue weighted by atomic mass is 127. The molecule has 0 amide bonds. The van der Waals surface area contributed by atoms with Crippen LogP contribution in [0.2, 0.25) is 0 Å². The van der Waals surface area contributed by atoms with E-state index in [1.165, 1.54) is 44.2 Å². The molecule has 3 aromatic rings. The highest BCUT2D eigenvalue weighted by molar-refractivity contribution is 14.1. The maximum atomic E-state index is 4.28. The number of halogens is 1. The number of aromatic nitrogens is 1. The average Bonchev–Trinajstić information content (AvgIpc) is 2.89. The van der Waals surface area contributed by atoms with Gasteiger partial charge in [-0.1, -0.05) is 12.1 Å². The van der Waals surface area contributed by atoms with Gasteiger partial charge in [-0.25, -0.2) is 0 Å². The first-order valence-electron chi connectivity index (χ1n) is 7.18. The molecule has 0 radical (unpaired) electrons. The maximum Gasteiger partial charge on any atom is 0.0660 e. The Morgan fingerprint density at radius 2 is 2.24 bits per heavy atom. The van der Waals surface area contributed by atoms with Gasteiger partial charge in [-0.05, 0) is 71.0 Å². The van der Waals surface area contributed by atoms with Crippen LogP contribution in [-0.4, -0.2) is 4.98 Å². The van der Waals surface area contributed by atoms with Crippen LogP contribution in [-0.2, 0) is 6.42 Å². The first kappa shape index (κ1) is 13.5. The highest BCUT2D eigenvalue weighted by Crippen LogP contribution is 2.38. The first-order chi connectivity index (χ1) is 10.3. The topological polar surface area (TPSA) is 24.9 Å². The van der Waals surface area contributed by atoms with Crippen LogP contribution in [0.25, 0.3) is 10.8 Å². The van der Waals surface area contributed by atoms with Crippen molar-refractivity contribution in [2.24, 2.45) is 0 Å². The van der Waals surface area contributed by atoms with Gasteiger partial charge in [0.15, 0.2) is 0 Å². The van der Waals surface area contributed by atoms with Crippen LogP contribution in [0.3, 0.4) is 0 Å². The van der Waals surface area contributed by atoms with Crippen molar-refractivity contribution in [2.45, 2.75) is 25.3 Å². The molecule has 0 spiro atoms. The Bertz CT molecular complexity index is 791. The molecule has 0 aliphatic heterocycles. The summed E-state index contributed by atoms with van der Waals surface area (Å²) in [4.78, 5) is 5.83. The zero-order valence-electron chi connectivity index (χ0n) is 11.5. The highest BCUT2D eigenvalue weighted by Gasteiger charge is 2.22. The van der Waals surface area contributed by atoms with Crippen molar-refractivity contribution < 1.29 is 0 Å². The molecule has 2 aromatic heterocycles. The lowest BCUT2D eigenvalue weighted by molar-refractivity contribution is 0.609. The van der Waals surface area contributed by atoms with Gasteiger partial charge in [0, 0.05) is 28.3 Å². The quantitative estimate of drug-likeness (QED) is 0.578. The molecule has 1 aliphatic carbocycles. The largest absolute Gasteiger partial charge is 0.378 e. The van der Waals surface area contributed by atoms with Crippen molar-refractivity contribution in [3.05, 3.63) is 56.0 Å². The van der Waals surface area contributed by atoms with E-state index in [0.29, 0.717) is 6.04 Å². The smallest absolute Gasteiger partial charge is 0.0660 e. The van der Waals surface area contributed by atoms with Gasteiger partial charge >= 0.3 is 0 Å². The molecule has 0 saturated carbocycles. The summed E-state index contributed by atoms with van der Waals surface area (Å²) in [7, 11) is 0. The van der Waals surface area contributed by atoms with Gasteiger partial charge in [-0.3, -0.25) is 4.98 Å². The Kier molecular flexibility index (Phi) is 3.59. The summed E-state index contributed by atoms with van der Waals surface area (Å²) in [5, 5.41) is 6.20. The molecule has 1 atom stereocenters. The van der Waals surface area contributed by atoms with Crippen LogP contribution in [0, 0.1) is 2.88 Å². The zero-order valence-corrected chi connectivity index (χ0v) is 14.4. The fourth-order valence-corrected chi connectivity index (χ4v) is 5.22. The number of anilines is 1. The van der Waals surface area contributed by atoms with E-state index in [9.17, 15) is 0 Å². The molecule has 0 fully saturated rings. The summed E-state index contributed by atoms with van der Waals surface area (Å²) in [6.07, 6.45) is 7.52. The number of fused-ring (bicyclic) bond motifs is 2. The molecule has 2 heterocycles. The fraction of sp³-hybridized carbons (Fsp3) is 0.235. The maximum absolute atomic E-state index is 4.28. The fourth-order valence-electron chi connectivity index (χ4n) is 3.10. The third-order valence-electron chi connectivity index (χ3n) is 4.10. The second-order valence-electron chi connectivity index (χ2n) is 5.42. The van der Waals surface area contributed by atoms with Gasteiger partial charge in [0.05, 0.1) is 8.93 Å². The van der Waals surface area contributed by atoms with Gasteiger partial charge < -0.3 is 5.32 Å². The van der Waals surface area contributed by atoms with E-state index in [-0.39, 0.29) is 0 Å². The average molecular weight is 406 g/mol. The number of thiophene rings is 1. The van der Waals surface area contributed by atoms with Crippen LogP contribution in [0.1, 0.15) is 29.3 Å². The van der Waals surface area contributed by atoms with Crippen LogP contribution < -0.4 is 5.32 Å². The number of nitrogens with zero attached hydrogens (tertiary/aromatic N) is 1. The van der Waals surface area contributed by atoms with Gasteiger partial charge in [-0.15, -0.1) is 11.3 Å². The van der Waals surface area contributed by atoms with E-state index in [1.54, 1.807) is 4.88 Å². The van der Waals surface area contributed by atoms with Gasteiger partial charge in [-0.2, -0.15) is 0 Å². The monoisotopic (exact) mass is 406 g/mol. The molecule has 4 heteroatoms. The standard InChI is InChI=1S/C17H15IN2S/c18-17-9-12-14(5-2-6-16(12)21-17)20-15-4-1-3-11-7-8-19-10-13(11)15/h1,3-4,7-10,14,20H,2,5-6H2. The number of hydrogen-bond acceptors (Lipinski definition) is 3. The molecule has 1 N–H and O–H groups in total. The third kappa shape index (κ3) is 2.55. The normalized spacial score (nSPS) is 17.7. The summed E-state index contributed by atoms with van der Waals surface area (Å²) in [6.45, 7) is 0. The lowest BCUT2D eigenvalue weighted by Gasteiger charge is -2.25. The van der Waals surface area contributed by atoms with Gasteiger partial charge in [0.25, 0.3) is 0 Å². The number of benzene rings is 1. The number of nitrogens with one attached hydrogen (secondary N) is 1. The van der Waals surface area contributed by atoms with E-state index < -0.39 is 0 Å². The van der Waals surface area contributed by atoms with Gasteiger partial charge in [0.2, 0.25) is 0 Å². The third-order valence-corrected chi connectivity index (χ3v) is 6.07. The summed E-state index contributed by atoms with van der Waals surface area (Å²) in [5.74, 6) is 0. The number of rotatable bonds is 2. The lowest BCUT2D eigenvalue weighted by atomic mass is 9.93. The van der Waals surface area contributed by atoms with E-state index in [1.807, 2.05) is 23.7 Å². The minimum Gasteiger partial charge on any atom is -0.378 e. The van der Waals surface area contributed by atoms with Crippen LogP contribution in [0.5, 0.6) is 0 Å². The minimum absolute atomic E-state index is 0.430. The number of pyridine rings is 1.